The minimum Gasteiger partial charge on any atom is -0.480 e. The van der Waals surface area contributed by atoms with E-state index in [0.717, 1.165) is 6.42 Å². The lowest BCUT2D eigenvalue weighted by molar-refractivity contribution is -0.139. The number of benzene rings is 1. The van der Waals surface area contributed by atoms with Gasteiger partial charge < -0.3 is 10.4 Å². The predicted molar refractivity (Wildman–Crippen MR) is 64.6 cm³/mol. The van der Waals surface area contributed by atoms with Crippen LogP contribution in [0, 0.1) is 5.82 Å². The Kier molecular flexibility index (Phi) is 5.38. The summed E-state index contributed by atoms with van der Waals surface area (Å²) in [5.41, 5.74) is 0.690. The first kappa shape index (κ1) is 13.9. The van der Waals surface area contributed by atoms with Crippen LogP contribution in [0.2, 0.25) is 5.02 Å². The van der Waals surface area contributed by atoms with Crippen molar-refractivity contribution in [2.75, 3.05) is 0 Å². The van der Waals surface area contributed by atoms with Crippen molar-refractivity contribution in [1.82, 2.24) is 5.32 Å². The van der Waals surface area contributed by atoms with Crippen LogP contribution in [0.15, 0.2) is 18.2 Å². The second kappa shape index (κ2) is 6.57. The van der Waals surface area contributed by atoms with Gasteiger partial charge in [-0.15, -0.1) is 0 Å². The molecular formula is C12H15ClFNO2. The van der Waals surface area contributed by atoms with Gasteiger partial charge in [-0.3, -0.25) is 4.79 Å². The van der Waals surface area contributed by atoms with Crippen LogP contribution in [0.4, 0.5) is 4.39 Å². The fraction of sp³-hybridized carbons (Fsp3) is 0.417. The number of nitrogens with one attached hydrogen (secondary N) is 1. The molecule has 0 amide bonds. The molecule has 0 aliphatic carbocycles. The molecule has 0 aliphatic heterocycles. The van der Waals surface area contributed by atoms with Crippen molar-refractivity contribution in [2.24, 2.45) is 0 Å². The second-order valence-electron chi connectivity index (χ2n) is 3.80. The number of aliphatic carboxylic acids is 1. The molecule has 0 bridgehead atoms. The van der Waals surface area contributed by atoms with Crippen LogP contribution in [-0.4, -0.2) is 17.1 Å². The first-order chi connectivity index (χ1) is 8.04. The zero-order chi connectivity index (χ0) is 12.8. The van der Waals surface area contributed by atoms with Crippen molar-refractivity contribution in [3.63, 3.8) is 0 Å². The number of carbonyl (C=O) groups is 1. The van der Waals surface area contributed by atoms with Gasteiger partial charge in [0.15, 0.2) is 0 Å². The van der Waals surface area contributed by atoms with E-state index >= 15 is 0 Å². The summed E-state index contributed by atoms with van der Waals surface area (Å²) in [6, 6.07) is 3.48. The molecule has 1 aromatic rings. The van der Waals surface area contributed by atoms with E-state index in [-0.39, 0.29) is 0 Å². The van der Waals surface area contributed by atoms with Crippen molar-refractivity contribution in [3.05, 3.63) is 34.6 Å². The molecule has 1 unspecified atom stereocenters. The molecular weight excluding hydrogens is 245 g/mol. The Morgan fingerprint density at radius 2 is 2.29 bits per heavy atom. The maximum absolute atomic E-state index is 12.8. The highest BCUT2D eigenvalue weighted by atomic mass is 35.5. The van der Waals surface area contributed by atoms with Crippen molar-refractivity contribution < 1.29 is 14.3 Å². The maximum atomic E-state index is 12.8. The summed E-state index contributed by atoms with van der Waals surface area (Å²) < 4.78 is 12.8. The molecule has 3 nitrogen and oxygen atoms in total. The van der Waals surface area contributed by atoms with Gasteiger partial charge in [-0.05, 0) is 24.1 Å². The summed E-state index contributed by atoms with van der Waals surface area (Å²) >= 11 is 5.84. The van der Waals surface area contributed by atoms with Crippen LogP contribution in [0.3, 0.4) is 0 Å². The van der Waals surface area contributed by atoms with E-state index in [2.05, 4.69) is 5.32 Å². The van der Waals surface area contributed by atoms with Crippen LogP contribution in [-0.2, 0) is 11.3 Å². The van der Waals surface area contributed by atoms with Crippen LogP contribution in [0.5, 0.6) is 0 Å². The van der Waals surface area contributed by atoms with Gasteiger partial charge in [0.05, 0.1) is 0 Å². The minimum atomic E-state index is -0.884. The fourth-order valence-corrected chi connectivity index (χ4v) is 1.73. The quantitative estimate of drug-likeness (QED) is 0.826. The molecule has 1 aromatic carbocycles. The summed E-state index contributed by atoms with van der Waals surface area (Å²) in [6.45, 7) is 2.23. The Labute approximate surface area is 105 Å². The van der Waals surface area contributed by atoms with Crippen molar-refractivity contribution in [1.29, 1.82) is 0 Å². The van der Waals surface area contributed by atoms with Gasteiger partial charge in [-0.25, -0.2) is 4.39 Å². The molecule has 2 N–H and O–H groups in total. The van der Waals surface area contributed by atoms with Crippen LogP contribution in [0.25, 0.3) is 0 Å². The van der Waals surface area contributed by atoms with Gasteiger partial charge in [0.2, 0.25) is 0 Å². The summed E-state index contributed by atoms with van der Waals surface area (Å²) in [5, 5.41) is 12.1. The van der Waals surface area contributed by atoms with Crippen molar-refractivity contribution in [3.8, 4) is 0 Å². The number of rotatable bonds is 6. The number of carboxylic acid groups (broad SMARTS) is 1. The zero-order valence-corrected chi connectivity index (χ0v) is 10.3. The van der Waals surface area contributed by atoms with Gasteiger partial charge in [0.1, 0.15) is 11.9 Å². The third-order valence-electron chi connectivity index (χ3n) is 2.43. The largest absolute Gasteiger partial charge is 0.480 e. The number of halogens is 2. The lowest BCUT2D eigenvalue weighted by Crippen LogP contribution is -2.36. The van der Waals surface area contributed by atoms with E-state index in [4.69, 9.17) is 16.7 Å². The Balaban J connectivity index is 2.62. The van der Waals surface area contributed by atoms with Gasteiger partial charge in [-0.2, -0.15) is 0 Å². The lowest BCUT2D eigenvalue weighted by Gasteiger charge is -2.14. The summed E-state index contributed by atoms with van der Waals surface area (Å²) in [6.07, 6.45) is 1.33. The van der Waals surface area contributed by atoms with Crippen molar-refractivity contribution in [2.45, 2.75) is 32.4 Å². The van der Waals surface area contributed by atoms with E-state index in [9.17, 15) is 9.18 Å². The van der Waals surface area contributed by atoms with E-state index in [1.54, 1.807) is 6.07 Å². The number of hydrogen-bond donors (Lipinski definition) is 2. The third-order valence-corrected chi connectivity index (χ3v) is 2.78. The average Bonchev–Trinajstić information content (AvgIpc) is 2.25. The first-order valence-electron chi connectivity index (χ1n) is 5.44. The molecule has 0 radical (unpaired) electrons. The van der Waals surface area contributed by atoms with Crippen LogP contribution >= 0.6 is 11.6 Å². The Morgan fingerprint density at radius 3 is 2.82 bits per heavy atom. The Bertz CT molecular complexity index is 398. The highest BCUT2D eigenvalue weighted by Crippen LogP contribution is 2.17. The van der Waals surface area contributed by atoms with E-state index in [1.165, 1.54) is 12.1 Å². The molecule has 0 saturated carbocycles. The SMILES string of the molecule is CCCC(NCc1ccc(F)cc1Cl)C(=O)O. The Morgan fingerprint density at radius 1 is 1.59 bits per heavy atom. The molecule has 5 heteroatoms. The molecule has 0 heterocycles. The van der Waals surface area contributed by atoms with Gasteiger partial charge in [0, 0.05) is 11.6 Å². The monoisotopic (exact) mass is 259 g/mol. The Hall–Kier alpha value is -1.13. The fourth-order valence-electron chi connectivity index (χ4n) is 1.50. The topological polar surface area (TPSA) is 49.3 Å². The highest BCUT2D eigenvalue weighted by Gasteiger charge is 2.15. The smallest absolute Gasteiger partial charge is 0.320 e. The molecule has 0 aliphatic rings. The molecule has 1 atom stereocenters. The molecule has 0 fully saturated rings. The number of carboxylic acids is 1. The van der Waals surface area contributed by atoms with Gasteiger partial charge in [0.25, 0.3) is 0 Å². The lowest BCUT2D eigenvalue weighted by atomic mass is 10.1. The van der Waals surface area contributed by atoms with Crippen molar-refractivity contribution >= 4 is 17.6 Å². The van der Waals surface area contributed by atoms with Crippen LogP contribution in [0.1, 0.15) is 25.3 Å². The molecule has 1 rings (SSSR count). The average molecular weight is 260 g/mol. The zero-order valence-electron chi connectivity index (χ0n) is 9.54. The van der Waals surface area contributed by atoms with E-state index in [1.807, 2.05) is 6.92 Å². The van der Waals surface area contributed by atoms with E-state index in [0.29, 0.717) is 23.6 Å². The normalized spacial score (nSPS) is 12.4. The molecule has 0 saturated heterocycles. The highest BCUT2D eigenvalue weighted by molar-refractivity contribution is 6.31. The van der Waals surface area contributed by atoms with Gasteiger partial charge >= 0.3 is 5.97 Å². The first-order valence-corrected chi connectivity index (χ1v) is 5.82. The third kappa shape index (κ3) is 4.32. The summed E-state index contributed by atoms with van der Waals surface area (Å²) in [5.74, 6) is -1.29. The van der Waals surface area contributed by atoms with Gasteiger partial charge in [-0.1, -0.05) is 31.0 Å². The predicted octanol–water partition coefficient (Wildman–Crippen LogP) is 2.82. The molecule has 94 valence electrons. The summed E-state index contributed by atoms with van der Waals surface area (Å²) in [4.78, 5) is 10.9. The van der Waals surface area contributed by atoms with E-state index < -0.39 is 17.8 Å². The molecule has 0 aromatic heterocycles. The molecule has 0 spiro atoms. The number of hydrogen-bond acceptors (Lipinski definition) is 2. The standard InChI is InChI=1S/C12H15ClFNO2/c1-2-3-11(12(16)17)15-7-8-4-5-9(14)6-10(8)13/h4-6,11,15H,2-3,7H2,1H3,(H,16,17). The van der Waals surface area contributed by atoms with Crippen LogP contribution < -0.4 is 5.32 Å². The second-order valence-corrected chi connectivity index (χ2v) is 4.20. The summed E-state index contributed by atoms with van der Waals surface area (Å²) in [7, 11) is 0. The minimum absolute atomic E-state index is 0.304. The molecule has 17 heavy (non-hydrogen) atoms. The maximum Gasteiger partial charge on any atom is 0.320 e.